The number of piperidine rings is 1. The number of ether oxygens (including phenoxy) is 1. The third-order valence-corrected chi connectivity index (χ3v) is 5.69. The average Bonchev–Trinajstić information content (AvgIpc) is 2.53. The fourth-order valence-electron chi connectivity index (χ4n) is 3.01. The molecule has 1 aromatic rings. The molecule has 0 bridgehead atoms. The predicted octanol–water partition coefficient (Wildman–Crippen LogP) is 2.33. The number of rotatable bonds is 6. The summed E-state index contributed by atoms with van der Waals surface area (Å²) in [7, 11) is -2.09. The van der Waals surface area contributed by atoms with Gasteiger partial charge < -0.3 is 9.64 Å². The highest BCUT2D eigenvalue weighted by molar-refractivity contribution is 7.92. The van der Waals surface area contributed by atoms with Crippen LogP contribution in [0.4, 0.5) is 5.69 Å². The number of likely N-dealkylation sites (tertiary alicyclic amines) is 1. The number of nitrogens with zero attached hydrogens (tertiary/aromatic N) is 1. The molecule has 0 saturated carbocycles. The summed E-state index contributed by atoms with van der Waals surface area (Å²) in [5.41, 5.74) is 0.431. The molecule has 1 heterocycles. The first-order valence-corrected chi connectivity index (χ1v) is 9.89. The van der Waals surface area contributed by atoms with E-state index in [1.165, 1.54) is 7.11 Å². The van der Waals surface area contributed by atoms with E-state index in [1.807, 2.05) is 0 Å². The molecule has 1 N–H and O–H groups in total. The van der Waals surface area contributed by atoms with Gasteiger partial charge in [0.15, 0.2) is 0 Å². The molecule has 1 aliphatic rings. The number of carbonyl (C=O) groups excluding carboxylic acids is 1. The van der Waals surface area contributed by atoms with Gasteiger partial charge in [0.1, 0.15) is 5.75 Å². The van der Waals surface area contributed by atoms with Crippen LogP contribution in [-0.4, -0.2) is 45.2 Å². The second kappa shape index (κ2) is 7.88. The van der Waals surface area contributed by atoms with Crippen molar-refractivity contribution in [3.8, 4) is 5.75 Å². The van der Waals surface area contributed by atoms with Crippen LogP contribution in [0, 0.1) is 11.8 Å². The summed E-state index contributed by atoms with van der Waals surface area (Å²) in [6.45, 7) is 5.22. The second-order valence-electron chi connectivity index (χ2n) is 6.55. The van der Waals surface area contributed by atoms with E-state index in [9.17, 15) is 13.2 Å². The molecular formula is C17H26N2O4S. The van der Waals surface area contributed by atoms with Gasteiger partial charge in [0.05, 0.1) is 24.5 Å². The van der Waals surface area contributed by atoms with Gasteiger partial charge in [-0.3, -0.25) is 9.52 Å². The summed E-state index contributed by atoms with van der Waals surface area (Å²) in [5, 5.41) is 0. The van der Waals surface area contributed by atoms with Gasteiger partial charge in [0.2, 0.25) is 15.9 Å². The largest absolute Gasteiger partial charge is 0.497 e. The standard InChI is InChI=1S/C17H26N2O4S/c1-13-6-5-9-19(11-13)17(20)14(2)12-24(21,22)18-15-7-4-8-16(10-15)23-3/h4,7-8,10,13-14,18H,5-6,9,11-12H2,1-3H3. The molecule has 0 radical (unpaired) electrons. The molecule has 1 fully saturated rings. The van der Waals surface area contributed by atoms with Gasteiger partial charge in [-0.1, -0.05) is 19.9 Å². The first-order valence-electron chi connectivity index (χ1n) is 8.24. The fourth-order valence-corrected chi connectivity index (χ4v) is 4.38. The van der Waals surface area contributed by atoms with E-state index in [2.05, 4.69) is 11.6 Å². The van der Waals surface area contributed by atoms with E-state index in [0.717, 1.165) is 19.4 Å². The van der Waals surface area contributed by atoms with Crippen molar-refractivity contribution in [1.29, 1.82) is 0 Å². The number of benzene rings is 1. The number of methoxy groups -OCH3 is 1. The first kappa shape index (κ1) is 18.6. The highest BCUT2D eigenvalue weighted by Crippen LogP contribution is 2.20. The monoisotopic (exact) mass is 354 g/mol. The Morgan fingerprint density at radius 2 is 2.21 bits per heavy atom. The summed E-state index contributed by atoms with van der Waals surface area (Å²) < 4.78 is 32.3. The van der Waals surface area contributed by atoms with Gasteiger partial charge in [-0.05, 0) is 30.9 Å². The van der Waals surface area contributed by atoms with Gasteiger partial charge in [-0.2, -0.15) is 0 Å². The Balaban J connectivity index is 1.98. The van der Waals surface area contributed by atoms with Crippen molar-refractivity contribution in [2.45, 2.75) is 26.7 Å². The predicted molar refractivity (Wildman–Crippen MR) is 94.5 cm³/mol. The molecule has 7 heteroatoms. The number of sulfonamides is 1. The third-order valence-electron chi connectivity index (χ3n) is 4.20. The Morgan fingerprint density at radius 3 is 2.88 bits per heavy atom. The topological polar surface area (TPSA) is 75.7 Å². The van der Waals surface area contributed by atoms with E-state index >= 15 is 0 Å². The minimum absolute atomic E-state index is 0.0856. The van der Waals surface area contributed by atoms with Gasteiger partial charge in [-0.15, -0.1) is 0 Å². The molecule has 134 valence electrons. The van der Waals surface area contributed by atoms with E-state index in [0.29, 0.717) is 23.9 Å². The van der Waals surface area contributed by atoms with Crippen molar-refractivity contribution in [3.63, 3.8) is 0 Å². The lowest BCUT2D eigenvalue weighted by Crippen LogP contribution is -2.43. The zero-order chi connectivity index (χ0) is 17.7. The molecule has 1 aliphatic heterocycles. The van der Waals surface area contributed by atoms with Crippen LogP contribution in [0.15, 0.2) is 24.3 Å². The summed E-state index contributed by atoms with van der Waals surface area (Å²) in [5.74, 6) is 0.160. The molecule has 0 aromatic heterocycles. The Kier molecular flexibility index (Phi) is 6.10. The van der Waals surface area contributed by atoms with E-state index in [1.54, 1.807) is 36.1 Å². The summed E-state index contributed by atoms with van der Waals surface area (Å²) in [6.07, 6.45) is 2.10. The van der Waals surface area contributed by atoms with Crippen molar-refractivity contribution >= 4 is 21.6 Å². The van der Waals surface area contributed by atoms with Gasteiger partial charge >= 0.3 is 0 Å². The molecule has 6 nitrogen and oxygen atoms in total. The molecule has 2 atom stereocenters. The molecule has 2 unspecified atom stereocenters. The van der Waals surface area contributed by atoms with Crippen LogP contribution >= 0.6 is 0 Å². The first-order chi connectivity index (χ1) is 11.3. The number of anilines is 1. The van der Waals surface area contributed by atoms with E-state index < -0.39 is 15.9 Å². The third kappa shape index (κ3) is 5.12. The Bertz CT molecular complexity index is 675. The molecular weight excluding hydrogens is 328 g/mol. The molecule has 24 heavy (non-hydrogen) atoms. The number of carbonyl (C=O) groups is 1. The quantitative estimate of drug-likeness (QED) is 0.851. The highest BCUT2D eigenvalue weighted by Gasteiger charge is 2.28. The zero-order valence-corrected chi connectivity index (χ0v) is 15.3. The number of hydrogen-bond donors (Lipinski definition) is 1. The lowest BCUT2D eigenvalue weighted by molar-refractivity contribution is -0.136. The van der Waals surface area contributed by atoms with Crippen molar-refractivity contribution < 1.29 is 17.9 Å². The minimum Gasteiger partial charge on any atom is -0.497 e. The Morgan fingerprint density at radius 1 is 1.46 bits per heavy atom. The van der Waals surface area contributed by atoms with Crippen LogP contribution in [0.3, 0.4) is 0 Å². The Hall–Kier alpha value is -1.76. The SMILES string of the molecule is COc1cccc(NS(=O)(=O)CC(C)C(=O)N2CCCC(C)C2)c1. The van der Waals surface area contributed by atoms with E-state index in [4.69, 9.17) is 4.74 Å². The molecule has 1 amide bonds. The average molecular weight is 354 g/mol. The maximum atomic E-state index is 12.5. The maximum absolute atomic E-state index is 12.5. The lowest BCUT2D eigenvalue weighted by atomic mass is 9.99. The van der Waals surface area contributed by atoms with Crippen LogP contribution in [0.1, 0.15) is 26.7 Å². The fraction of sp³-hybridized carbons (Fsp3) is 0.588. The number of nitrogens with one attached hydrogen (secondary N) is 1. The van der Waals surface area contributed by atoms with Crippen LogP contribution in [-0.2, 0) is 14.8 Å². The summed E-state index contributed by atoms with van der Waals surface area (Å²) in [6, 6.07) is 6.71. The molecule has 0 aliphatic carbocycles. The molecule has 1 aromatic carbocycles. The minimum atomic E-state index is -3.61. The van der Waals surface area contributed by atoms with Crippen LogP contribution in [0.2, 0.25) is 0 Å². The number of hydrogen-bond acceptors (Lipinski definition) is 4. The van der Waals surface area contributed by atoms with Gasteiger partial charge in [0, 0.05) is 19.2 Å². The second-order valence-corrected chi connectivity index (χ2v) is 8.32. The van der Waals surface area contributed by atoms with Crippen LogP contribution < -0.4 is 9.46 Å². The maximum Gasteiger partial charge on any atom is 0.233 e. The smallest absolute Gasteiger partial charge is 0.233 e. The van der Waals surface area contributed by atoms with Crippen LogP contribution in [0.25, 0.3) is 0 Å². The highest BCUT2D eigenvalue weighted by atomic mass is 32.2. The zero-order valence-electron chi connectivity index (χ0n) is 14.5. The normalized spacial score (nSPS) is 19.6. The molecule has 0 spiro atoms. The number of amides is 1. The van der Waals surface area contributed by atoms with E-state index in [-0.39, 0.29) is 11.7 Å². The molecule has 1 saturated heterocycles. The van der Waals surface area contributed by atoms with Crippen molar-refractivity contribution in [3.05, 3.63) is 24.3 Å². The summed E-state index contributed by atoms with van der Waals surface area (Å²) in [4.78, 5) is 14.3. The molecule has 2 rings (SSSR count). The lowest BCUT2D eigenvalue weighted by Gasteiger charge is -2.32. The van der Waals surface area contributed by atoms with Gasteiger partial charge in [-0.25, -0.2) is 8.42 Å². The van der Waals surface area contributed by atoms with Crippen molar-refractivity contribution in [2.24, 2.45) is 11.8 Å². The Labute approximate surface area is 144 Å². The summed E-state index contributed by atoms with van der Waals surface area (Å²) >= 11 is 0. The van der Waals surface area contributed by atoms with Gasteiger partial charge in [0.25, 0.3) is 0 Å². The van der Waals surface area contributed by atoms with Crippen molar-refractivity contribution in [1.82, 2.24) is 4.90 Å². The van der Waals surface area contributed by atoms with Crippen molar-refractivity contribution in [2.75, 3.05) is 30.7 Å². The van der Waals surface area contributed by atoms with Crippen LogP contribution in [0.5, 0.6) is 5.75 Å².